The van der Waals surface area contributed by atoms with E-state index in [0.717, 1.165) is 51.8 Å². The molecule has 3 aromatic carbocycles. The number of benzene rings is 3. The van der Waals surface area contributed by atoms with E-state index in [9.17, 15) is 22.4 Å². The highest BCUT2D eigenvalue weighted by Crippen LogP contribution is 2.24. The smallest absolute Gasteiger partial charge is 0.243 e. The summed E-state index contributed by atoms with van der Waals surface area (Å²) in [6.07, 6.45) is 5.46. The molecule has 224 valence electrons. The van der Waals surface area contributed by atoms with Crippen LogP contribution in [0, 0.1) is 5.82 Å². The number of halogens is 2. The molecule has 1 fully saturated rings. The van der Waals surface area contributed by atoms with Crippen molar-refractivity contribution < 1.29 is 22.4 Å². The number of para-hydroxylation sites is 1. The molecular formula is C32H37BrFN3O4S. The lowest BCUT2D eigenvalue weighted by Gasteiger charge is -2.33. The molecule has 0 aromatic heterocycles. The SMILES string of the molecule is CS(=O)(=O)N(CCCC(=O)N(Cc1ccc(Br)cc1)[C@@H](Cc1ccccc1)C(=O)NC1CCCC1)c1ccccc1F. The topological polar surface area (TPSA) is 86.8 Å². The van der Waals surface area contributed by atoms with Gasteiger partial charge in [-0.1, -0.05) is 83.4 Å². The molecule has 0 unspecified atom stereocenters. The number of rotatable bonds is 13. The zero-order valence-electron chi connectivity index (χ0n) is 23.7. The van der Waals surface area contributed by atoms with Crippen LogP contribution in [0.1, 0.15) is 49.7 Å². The van der Waals surface area contributed by atoms with Crippen LogP contribution >= 0.6 is 15.9 Å². The fourth-order valence-corrected chi connectivity index (χ4v) is 6.57. The van der Waals surface area contributed by atoms with E-state index in [-0.39, 0.29) is 49.5 Å². The maximum atomic E-state index is 14.5. The molecule has 1 N–H and O–H groups in total. The number of anilines is 1. The van der Waals surface area contributed by atoms with Crippen LogP contribution in [0.3, 0.4) is 0 Å². The molecule has 7 nitrogen and oxygen atoms in total. The fraction of sp³-hybridized carbons (Fsp3) is 0.375. The van der Waals surface area contributed by atoms with Gasteiger partial charge in [0, 0.05) is 36.4 Å². The molecule has 1 aliphatic rings. The average Bonchev–Trinajstić information content (AvgIpc) is 3.47. The minimum absolute atomic E-state index is 0.0149. The first-order chi connectivity index (χ1) is 20.1. The van der Waals surface area contributed by atoms with E-state index in [4.69, 9.17) is 0 Å². The summed E-state index contributed by atoms with van der Waals surface area (Å²) in [5.41, 5.74) is 1.74. The summed E-state index contributed by atoms with van der Waals surface area (Å²) in [5.74, 6) is -1.12. The van der Waals surface area contributed by atoms with E-state index >= 15 is 0 Å². The first-order valence-electron chi connectivity index (χ1n) is 14.2. The molecular weight excluding hydrogens is 621 g/mol. The van der Waals surface area contributed by atoms with Crippen LogP contribution < -0.4 is 9.62 Å². The van der Waals surface area contributed by atoms with Gasteiger partial charge in [0.2, 0.25) is 21.8 Å². The zero-order chi connectivity index (χ0) is 30.1. The molecule has 0 heterocycles. The van der Waals surface area contributed by atoms with Gasteiger partial charge in [-0.25, -0.2) is 12.8 Å². The van der Waals surface area contributed by atoms with Gasteiger partial charge in [-0.15, -0.1) is 0 Å². The van der Waals surface area contributed by atoms with E-state index in [1.165, 1.54) is 18.2 Å². The van der Waals surface area contributed by atoms with Crippen LogP contribution in [0.25, 0.3) is 0 Å². The summed E-state index contributed by atoms with van der Waals surface area (Å²) >= 11 is 3.45. The third kappa shape index (κ3) is 8.88. The Morgan fingerprint density at radius 1 is 0.952 bits per heavy atom. The van der Waals surface area contributed by atoms with Crippen LogP contribution in [-0.4, -0.2) is 50.0 Å². The molecule has 0 aliphatic heterocycles. The Morgan fingerprint density at radius 3 is 2.24 bits per heavy atom. The molecule has 1 atom stereocenters. The van der Waals surface area contributed by atoms with E-state index in [1.54, 1.807) is 11.0 Å². The maximum absolute atomic E-state index is 14.5. The second kappa shape index (κ2) is 14.8. The number of sulfonamides is 1. The number of hydrogen-bond acceptors (Lipinski definition) is 4. The van der Waals surface area contributed by atoms with Gasteiger partial charge in [0.05, 0.1) is 11.9 Å². The van der Waals surface area contributed by atoms with E-state index < -0.39 is 21.9 Å². The Morgan fingerprint density at radius 2 is 1.60 bits per heavy atom. The highest BCUT2D eigenvalue weighted by atomic mass is 79.9. The molecule has 4 rings (SSSR count). The minimum Gasteiger partial charge on any atom is -0.352 e. The summed E-state index contributed by atoms with van der Waals surface area (Å²) in [6.45, 7) is 0.139. The molecule has 42 heavy (non-hydrogen) atoms. The molecule has 1 saturated carbocycles. The van der Waals surface area contributed by atoms with E-state index in [2.05, 4.69) is 21.2 Å². The van der Waals surface area contributed by atoms with Gasteiger partial charge in [-0.2, -0.15) is 0 Å². The Labute approximate surface area is 256 Å². The van der Waals surface area contributed by atoms with Crippen molar-refractivity contribution >= 4 is 43.5 Å². The molecule has 3 aromatic rings. The van der Waals surface area contributed by atoms with Crippen LogP contribution in [-0.2, 0) is 32.6 Å². The van der Waals surface area contributed by atoms with Crippen molar-refractivity contribution in [3.05, 3.63) is 100 Å². The van der Waals surface area contributed by atoms with Crippen molar-refractivity contribution in [1.29, 1.82) is 0 Å². The Kier molecular flexibility index (Phi) is 11.2. The quantitative estimate of drug-likeness (QED) is 0.251. The van der Waals surface area contributed by atoms with Gasteiger partial charge in [-0.3, -0.25) is 13.9 Å². The second-order valence-corrected chi connectivity index (χ2v) is 13.6. The lowest BCUT2D eigenvalue weighted by atomic mass is 10.0. The zero-order valence-corrected chi connectivity index (χ0v) is 26.1. The van der Waals surface area contributed by atoms with Gasteiger partial charge < -0.3 is 10.2 Å². The molecule has 1 aliphatic carbocycles. The third-order valence-electron chi connectivity index (χ3n) is 7.51. The highest BCUT2D eigenvalue weighted by molar-refractivity contribution is 9.10. The number of hydrogen-bond donors (Lipinski definition) is 1. The summed E-state index contributed by atoms with van der Waals surface area (Å²) in [4.78, 5) is 29.3. The van der Waals surface area contributed by atoms with Crippen LogP contribution in [0.4, 0.5) is 10.1 Å². The molecule has 0 radical (unpaired) electrons. The number of amides is 2. The molecule has 2 amide bonds. The summed E-state index contributed by atoms with van der Waals surface area (Å²) in [7, 11) is -3.80. The maximum Gasteiger partial charge on any atom is 0.243 e. The lowest BCUT2D eigenvalue weighted by molar-refractivity contribution is -0.141. The van der Waals surface area contributed by atoms with Crippen molar-refractivity contribution in [2.24, 2.45) is 0 Å². The van der Waals surface area contributed by atoms with Crippen molar-refractivity contribution in [2.75, 3.05) is 17.1 Å². The second-order valence-electron chi connectivity index (χ2n) is 10.7. The predicted octanol–water partition coefficient (Wildman–Crippen LogP) is 5.83. The largest absolute Gasteiger partial charge is 0.352 e. The fourth-order valence-electron chi connectivity index (χ4n) is 5.34. The standard InChI is InChI=1S/C32H37BrFN3O4S/c1-42(40,41)37(29-15-8-7-14-28(29)34)21-9-16-31(38)36(23-25-17-19-26(33)20-18-25)30(22-24-10-3-2-4-11-24)32(39)35-27-12-5-6-13-27/h2-4,7-8,10-11,14-15,17-20,27,30H,5-6,9,12-13,16,21-23H2,1H3,(H,35,39)/t30-/m0/s1. The van der Waals surface area contributed by atoms with E-state index in [0.29, 0.717) is 6.42 Å². The number of nitrogens with one attached hydrogen (secondary N) is 1. The molecule has 0 saturated heterocycles. The summed E-state index contributed by atoms with van der Waals surface area (Å²) in [6, 6.07) is 22.2. The van der Waals surface area contributed by atoms with Crippen LogP contribution in [0.5, 0.6) is 0 Å². The van der Waals surface area contributed by atoms with Gasteiger partial charge in [0.15, 0.2) is 0 Å². The monoisotopic (exact) mass is 657 g/mol. The van der Waals surface area contributed by atoms with Crippen LogP contribution in [0.2, 0.25) is 0 Å². The highest BCUT2D eigenvalue weighted by Gasteiger charge is 2.32. The van der Waals surface area contributed by atoms with Crippen molar-refractivity contribution in [1.82, 2.24) is 10.2 Å². The number of carbonyl (C=O) groups excluding carboxylic acids is 2. The number of nitrogens with zero attached hydrogens (tertiary/aromatic N) is 2. The Hall–Kier alpha value is -3.24. The lowest BCUT2D eigenvalue weighted by Crippen LogP contribution is -2.52. The average molecular weight is 659 g/mol. The van der Waals surface area contributed by atoms with Crippen molar-refractivity contribution in [2.45, 2.75) is 63.6 Å². The first-order valence-corrected chi connectivity index (χ1v) is 16.9. The summed E-state index contributed by atoms with van der Waals surface area (Å²) < 4.78 is 41.5. The Balaban J connectivity index is 1.59. The molecule has 0 bridgehead atoms. The van der Waals surface area contributed by atoms with Gasteiger partial charge in [0.1, 0.15) is 11.9 Å². The normalized spacial score (nSPS) is 14.4. The van der Waals surface area contributed by atoms with Gasteiger partial charge >= 0.3 is 0 Å². The van der Waals surface area contributed by atoms with E-state index in [1.807, 2.05) is 54.6 Å². The minimum atomic E-state index is -3.80. The Bertz CT molecular complexity index is 1450. The van der Waals surface area contributed by atoms with Crippen molar-refractivity contribution in [3.63, 3.8) is 0 Å². The molecule has 0 spiro atoms. The van der Waals surface area contributed by atoms with Gasteiger partial charge in [-0.05, 0) is 54.7 Å². The molecule has 10 heteroatoms. The third-order valence-corrected chi connectivity index (χ3v) is 9.22. The van der Waals surface area contributed by atoms with Gasteiger partial charge in [0.25, 0.3) is 0 Å². The number of carbonyl (C=O) groups is 2. The first kappa shape index (κ1) is 31.7. The summed E-state index contributed by atoms with van der Waals surface area (Å²) in [5, 5.41) is 3.18. The van der Waals surface area contributed by atoms with Crippen molar-refractivity contribution in [3.8, 4) is 0 Å². The van der Waals surface area contributed by atoms with Crippen LogP contribution in [0.15, 0.2) is 83.3 Å². The predicted molar refractivity (Wildman–Crippen MR) is 167 cm³/mol.